The van der Waals surface area contributed by atoms with Gasteiger partial charge in [0.15, 0.2) is 0 Å². The Kier molecular flexibility index (Phi) is 7.82. The van der Waals surface area contributed by atoms with E-state index in [0.717, 1.165) is 34.5 Å². The van der Waals surface area contributed by atoms with Crippen molar-refractivity contribution in [1.82, 2.24) is 0 Å². The number of hydrogen-bond donors (Lipinski definition) is 0. The number of ether oxygens (including phenoxy) is 2. The van der Waals surface area contributed by atoms with Crippen molar-refractivity contribution in [2.45, 2.75) is 45.4 Å². The standard InChI is InChI=1S/C31H38ClN3O3/c1-8-21(3)38-26-16-10-22-18-30(36)35(25-14-12-24(13-15-25)33(4)5)31(37-7,28(22)20-26)27-17-11-23(32)19-29(27)34(6)9-2/h10-17,19-21H,8-9,18H2,1-7H3/t21-,31?/m1/s1/i14D. The zero-order valence-corrected chi connectivity index (χ0v) is 24.1. The van der Waals surface area contributed by atoms with Crippen molar-refractivity contribution in [3.8, 4) is 5.75 Å². The van der Waals surface area contributed by atoms with E-state index in [1.165, 1.54) is 0 Å². The maximum Gasteiger partial charge on any atom is 0.234 e. The van der Waals surface area contributed by atoms with Crippen molar-refractivity contribution in [2.24, 2.45) is 0 Å². The van der Waals surface area contributed by atoms with Crippen LogP contribution >= 0.6 is 11.6 Å². The predicted octanol–water partition coefficient (Wildman–Crippen LogP) is 6.48. The number of carbonyl (C=O) groups excluding carboxylic acids is 1. The van der Waals surface area contributed by atoms with Crippen LogP contribution in [0.1, 0.15) is 45.3 Å². The van der Waals surface area contributed by atoms with Crippen molar-refractivity contribution < 1.29 is 15.6 Å². The minimum Gasteiger partial charge on any atom is -0.491 e. The van der Waals surface area contributed by atoms with Gasteiger partial charge in [0.05, 0.1) is 13.9 Å². The van der Waals surface area contributed by atoms with E-state index in [-0.39, 0.29) is 24.5 Å². The molecule has 0 aliphatic carbocycles. The number of hydrogen-bond acceptors (Lipinski definition) is 5. The number of anilines is 3. The lowest BCUT2D eigenvalue weighted by molar-refractivity contribution is -0.124. The van der Waals surface area contributed by atoms with E-state index in [1.807, 2.05) is 81.5 Å². The van der Waals surface area contributed by atoms with Crippen LogP contribution in [-0.4, -0.2) is 46.8 Å². The summed E-state index contributed by atoms with van der Waals surface area (Å²) in [5.41, 5.74) is 3.20. The molecule has 202 valence electrons. The fraction of sp³-hybridized carbons (Fsp3) is 0.387. The van der Waals surface area contributed by atoms with Gasteiger partial charge in [-0.25, -0.2) is 0 Å². The molecule has 38 heavy (non-hydrogen) atoms. The Balaban J connectivity index is 2.08. The predicted molar refractivity (Wildman–Crippen MR) is 157 cm³/mol. The number of benzene rings is 3. The van der Waals surface area contributed by atoms with E-state index in [2.05, 4.69) is 18.7 Å². The van der Waals surface area contributed by atoms with Gasteiger partial charge >= 0.3 is 0 Å². The normalized spacial score (nSPS) is 18.1. The van der Waals surface area contributed by atoms with Gasteiger partial charge in [-0.1, -0.05) is 30.7 Å². The summed E-state index contributed by atoms with van der Waals surface area (Å²) in [7, 11) is 7.45. The summed E-state index contributed by atoms with van der Waals surface area (Å²) < 4.78 is 21.7. The highest BCUT2D eigenvalue weighted by atomic mass is 35.5. The van der Waals surface area contributed by atoms with E-state index in [4.69, 9.17) is 22.4 Å². The Morgan fingerprint density at radius 3 is 2.47 bits per heavy atom. The number of halogens is 1. The molecule has 0 spiro atoms. The summed E-state index contributed by atoms with van der Waals surface area (Å²) in [5, 5.41) is 0.583. The first kappa shape index (κ1) is 26.4. The second-order valence-electron chi connectivity index (χ2n) is 9.91. The summed E-state index contributed by atoms with van der Waals surface area (Å²) >= 11 is 6.50. The molecule has 1 unspecified atom stereocenters. The van der Waals surface area contributed by atoms with E-state index < -0.39 is 5.72 Å². The van der Waals surface area contributed by atoms with E-state index in [0.29, 0.717) is 23.0 Å². The second kappa shape index (κ2) is 11.3. The maximum atomic E-state index is 14.1. The molecule has 6 nitrogen and oxygen atoms in total. The molecular weight excluding hydrogens is 498 g/mol. The first-order valence-electron chi connectivity index (χ1n) is 13.5. The topological polar surface area (TPSA) is 45.3 Å². The van der Waals surface area contributed by atoms with Crippen molar-refractivity contribution in [3.05, 3.63) is 82.4 Å². The SMILES string of the molecule is [2H]c1cc(N(C)C)ccc1N1C(=O)Cc2ccc(O[C@H](C)CC)cc2C1(OC)c1ccc(Cl)cc1N(C)CC. The summed E-state index contributed by atoms with van der Waals surface area (Å²) in [6.07, 6.45) is 1.06. The molecule has 0 saturated heterocycles. The molecule has 2 atom stereocenters. The largest absolute Gasteiger partial charge is 0.491 e. The third kappa shape index (κ3) is 4.95. The van der Waals surface area contributed by atoms with Gasteiger partial charge < -0.3 is 19.3 Å². The van der Waals surface area contributed by atoms with Crippen LogP contribution < -0.4 is 19.4 Å². The minimum atomic E-state index is -1.38. The van der Waals surface area contributed by atoms with Gasteiger partial charge in [-0.15, -0.1) is 0 Å². The average Bonchev–Trinajstić information content (AvgIpc) is 2.92. The molecule has 0 radical (unpaired) electrons. The zero-order chi connectivity index (χ0) is 28.5. The van der Waals surface area contributed by atoms with E-state index >= 15 is 0 Å². The molecule has 1 amide bonds. The maximum absolute atomic E-state index is 14.1. The molecule has 0 saturated carbocycles. The Morgan fingerprint density at radius 2 is 1.84 bits per heavy atom. The van der Waals surface area contributed by atoms with Crippen LogP contribution in [0.2, 0.25) is 5.02 Å². The monoisotopic (exact) mass is 536 g/mol. The summed E-state index contributed by atoms with van der Waals surface area (Å²) in [4.78, 5) is 19.7. The van der Waals surface area contributed by atoms with Gasteiger partial charge in [0, 0.05) is 68.0 Å². The van der Waals surface area contributed by atoms with Crippen molar-refractivity contribution in [3.63, 3.8) is 0 Å². The van der Waals surface area contributed by atoms with Gasteiger partial charge in [-0.3, -0.25) is 9.69 Å². The molecule has 7 heteroatoms. The summed E-state index contributed by atoms with van der Waals surface area (Å²) in [6.45, 7) is 6.88. The van der Waals surface area contributed by atoms with Crippen LogP contribution in [0.3, 0.4) is 0 Å². The second-order valence-corrected chi connectivity index (χ2v) is 10.3. The number of rotatable bonds is 9. The number of fused-ring (bicyclic) bond motifs is 1. The quantitative estimate of drug-likeness (QED) is 0.313. The highest BCUT2D eigenvalue weighted by Gasteiger charge is 2.50. The van der Waals surface area contributed by atoms with E-state index in [9.17, 15) is 4.79 Å². The number of nitrogens with zero attached hydrogens (tertiary/aromatic N) is 3. The smallest absolute Gasteiger partial charge is 0.234 e. The van der Waals surface area contributed by atoms with Crippen LogP contribution in [-0.2, 0) is 21.7 Å². The molecule has 3 aromatic rings. The first-order valence-corrected chi connectivity index (χ1v) is 13.4. The summed E-state index contributed by atoms with van der Waals surface area (Å²) in [6, 6.07) is 17.2. The Hall–Kier alpha value is -3.22. The molecule has 3 aromatic carbocycles. The lowest BCUT2D eigenvalue weighted by Gasteiger charge is -2.48. The molecule has 1 heterocycles. The van der Waals surface area contributed by atoms with Gasteiger partial charge in [0.2, 0.25) is 11.6 Å². The molecule has 0 N–H and O–H groups in total. The lowest BCUT2D eigenvalue weighted by atomic mass is 9.82. The molecule has 4 rings (SSSR count). The van der Waals surface area contributed by atoms with Gasteiger partial charge in [-0.05, 0) is 74.3 Å². The van der Waals surface area contributed by atoms with Crippen molar-refractivity contribution >= 4 is 34.6 Å². The summed E-state index contributed by atoms with van der Waals surface area (Å²) in [5.74, 6) is 0.540. The zero-order valence-electron chi connectivity index (χ0n) is 24.3. The van der Waals surface area contributed by atoms with Crippen LogP contribution in [0, 0.1) is 0 Å². The molecule has 1 aliphatic heterocycles. The third-order valence-corrected chi connectivity index (χ3v) is 7.54. The molecule has 1 aliphatic rings. The first-order chi connectivity index (χ1) is 18.6. The Bertz CT molecular complexity index is 1360. The Morgan fingerprint density at radius 1 is 1.08 bits per heavy atom. The fourth-order valence-corrected chi connectivity index (χ4v) is 5.10. The average molecular weight is 537 g/mol. The number of methoxy groups -OCH3 is 1. The highest BCUT2D eigenvalue weighted by Crippen LogP contribution is 2.49. The molecular formula is C31H38ClN3O3. The van der Waals surface area contributed by atoms with Crippen LogP contribution in [0.5, 0.6) is 5.75 Å². The third-order valence-electron chi connectivity index (χ3n) is 7.31. The lowest BCUT2D eigenvalue weighted by Crippen LogP contribution is -2.56. The fourth-order valence-electron chi connectivity index (χ4n) is 4.94. The number of carbonyl (C=O) groups is 1. The van der Waals surface area contributed by atoms with Crippen LogP contribution in [0.4, 0.5) is 17.1 Å². The molecule has 0 fully saturated rings. The molecule has 0 aromatic heterocycles. The van der Waals surface area contributed by atoms with Crippen molar-refractivity contribution in [1.29, 1.82) is 0 Å². The van der Waals surface area contributed by atoms with Crippen molar-refractivity contribution in [2.75, 3.05) is 49.5 Å². The van der Waals surface area contributed by atoms with Gasteiger partial charge in [0.1, 0.15) is 5.75 Å². The number of amides is 1. The van der Waals surface area contributed by atoms with Crippen LogP contribution in [0.15, 0.2) is 60.6 Å². The minimum absolute atomic E-state index is 0.0251. The van der Waals surface area contributed by atoms with Crippen LogP contribution in [0.25, 0.3) is 0 Å². The van der Waals surface area contributed by atoms with Gasteiger partial charge in [0.25, 0.3) is 0 Å². The highest BCUT2D eigenvalue weighted by molar-refractivity contribution is 6.30. The van der Waals surface area contributed by atoms with Gasteiger partial charge in [-0.2, -0.15) is 0 Å². The Labute approximate surface area is 233 Å². The molecule has 0 bridgehead atoms. The van der Waals surface area contributed by atoms with E-state index in [1.54, 1.807) is 18.1 Å².